The van der Waals surface area contributed by atoms with Gasteiger partial charge in [0.05, 0.1) is 6.10 Å². The summed E-state index contributed by atoms with van der Waals surface area (Å²) in [7, 11) is 1.77. The lowest BCUT2D eigenvalue weighted by atomic mass is 9.94. The second-order valence-electron chi connectivity index (χ2n) is 3.49. The van der Waals surface area contributed by atoms with Crippen molar-refractivity contribution in [3.05, 3.63) is 0 Å². The number of alkyl halides is 1. The predicted molar refractivity (Wildman–Crippen MR) is 53.2 cm³/mol. The maximum atomic E-state index is 5.25. The molecule has 2 heteroatoms. The van der Waals surface area contributed by atoms with Gasteiger partial charge in [0.15, 0.2) is 0 Å². The normalized spacial score (nSPS) is 19.9. The van der Waals surface area contributed by atoms with Crippen molar-refractivity contribution in [3.63, 3.8) is 0 Å². The van der Waals surface area contributed by atoms with Gasteiger partial charge in [0, 0.05) is 11.9 Å². The summed E-state index contributed by atoms with van der Waals surface area (Å²) in [5.41, 5.74) is 0. The van der Waals surface area contributed by atoms with Crippen LogP contribution >= 0.6 is 15.9 Å². The molecule has 0 aliphatic rings. The number of rotatable bonds is 4. The highest BCUT2D eigenvalue weighted by atomic mass is 79.9. The largest absolute Gasteiger partial charge is 0.381 e. The van der Waals surface area contributed by atoms with E-state index in [9.17, 15) is 0 Å². The van der Waals surface area contributed by atoms with Crippen LogP contribution in [-0.4, -0.2) is 18.0 Å². The summed E-state index contributed by atoms with van der Waals surface area (Å²) in [6.07, 6.45) is 0.335. The van der Waals surface area contributed by atoms with E-state index in [-0.39, 0.29) is 0 Å². The molecule has 0 saturated heterocycles. The average Bonchev–Trinajstić information content (AvgIpc) is 2.00. The Morgan fingerprint density at radius 1 is 1.09 bits per heavy atom. The molecule has 68 valence electrons. The third kappa shape index (κ3) is 3.57. The van der Waals surface area contributed by atoms with Crippen LogP contribution in [0.5, 0.6) is 0 Å². The third-order valence-corrected chi connectivity index (χ3v) is 4.14. The highest BCUT2D eigenvalue weighted by Gasteiger charge is 2.22. The zero-order chi connectivity index (χ0) is 9.02. The zero-order valence-corrected chi connectivity index (χ0v) is 9.68. The molecule has 0 saturated carbocycles. The molecular formula is C9H19BrO. The fourth-order valence-electron chi connectivity index (χ4n) is 1.08. The van der Waals surface area contributed by atoms with Gasteiger partial charge in [-0.2, -0.15) is 0 Å². The number of halogens is 1. The van der Waals surface area contributed by atoms with Crippen molar-refractivity contribution < 1.29 is 4.74 Å². The van der Waals surface area contributed by atoms with Gasteiger partial charge in [0.2, 0.25) is 0 Å². The summed E-state index contributed by atoms with van der Waals surface area (Å²) in [5, 5.41) is 0. The molecule has 0 fully saturated rings. The first-order valence-electron chi connectivity index (χ1n) is 4.17. The van der Waals surface area contributed by atoms with Crippen LogP contribution in [-0.2, 0) is 4.74 Å². The summed E-state index contributed by atoms with van der Waals surface area (Å²) < 4.78 is 5.25. The maximum absolute atomic E-state index is 5.25. The Morgan fingerprint density at radius 2 is 1.55 bits per heavy atom. The molecule has 0 aromatic heterocycles. The summed E-state index contributed by atoms with van der Waals surface area (Å²) in [6, 6.07) is 0. The summed E-state index contributed by atoms with van der Waals surface area (Å²) in [6.45, 7) is 8.77. The van der Waals surface area contributed by atoms with Crippen molar-refractivity contribution >= 4 is 15.9 Å². The van der Waals surface area contributed by atoms with Crippen LogP contribution in [0.1, 0.15) is 27.7 Å². The Kier molecular flexibility index (Phi) is 5.36. The SMILES string of the molecule is COC(C)C(C)C(Br)C(C)C. The highest BCUT2D eigenvalue weighted by molar-refractivity contribution is 9.09. The quantitative estimate of drug-likeness (QED) is 0.665. The molecule has 0 aromatic rings. The van der Waals surface area contributed by atoms with Crippen LogP contribution < -0.4 is 0 Å². The van der Waals surface area contributed by atoms with Crippen LogP contribution in [0.25, 0.3) is 0 Å². The molecule has 0 N–H and O–H groups in total. The van der Waals surface area contributed by atoms with Crippen LogP contribution in [0.15, 0.2) is 0 Å². The van der Waals surface area contributed by atoms with Crippen LogP contribution in [0.4, 0.5) is 0 Å². The van der Waals surface area contributed by atoms with Gasteiger partial charge >= 0.3 is 0 Å². The predicted octanol–water partition coefficient (Wildman–Crippen LogP) is 3.08. The molecule has 0 heterocycles. The number of methoxy groups -OCH3 is 1. The van der Waals surface area contributed by atoms with E-state index in [0.717, 1.165) is 0 Å². The van der Waals surface area contributed by atoms with Gasteiger partial charge in [-0.1, -0.05) is 36.7 Å². The lowest BCUT2D eigenvalue weighted by molar-refractivity contribution is 0.0690. The van der Waals surface area contributed by atoms with E-state index < -0.39 is 0 Å². The van der Waals surface area contributed by atoms with Gasteiger partial charge in [0.1, 0.15) is 0 Å². The van der Waals surface area contributed by atoms with Crippen LogP contribution in [0.3, 0.4) is 0 Å². The molecule has 0 spiro atoms. The van der Waals surface area contributed by atoms with Gasteiger partial charge in [-0.05, 0) is 18.8 Å². The van der Waals surface area contributed by atoms with E-state index >= 15 is 0 Å². The van der Waals surface area contributed by atoms with Crippen LogP contribution in [0.2, 0.25) is 0 Å². The molecule has 0 rings (SSSR count). The minimum Gasteiger partial charge on any atom is -0.381 e. The number of ether oxygens (including phenoxy) is 1. The van der Waals surface area contributed by atoms with Gasteiger partial charge in [0.25, 0.3) is 0 Å². The molecule has 3 unspecified atom stereocenters. The van der Waals surface area contributed by atoms with Gasteiger partial charge < -0.3 is 4.74 Å². The summed E-state index contributed by atoms with van der Waals surface area (Å²) >= 11 is 3.67. The topological polar surface area (TPSA) is 9.23 Å². The van der Waals surface area contributed by atoms with Gasteiger partial charge in [-0.15, -0.1) is 0 Å². The first-order valence-corrected chi connectivity index (χ1v) is 5.09. The van der Waals surface area contributed by atoms with Crippen molar-refractivity contribution in [2.24, 2.45) is 11.8 Å². The zero-order valence-electron chi connectivity index (χ0n) is 8.10. The molecule has 0 bridgehead atoms. The minimum absolute atomic E-state index is 0.335. The molecule has 3 atom stereocenters. The van der Waals surface area contributed by atoms with E-state index in [0.29, 0.717) is 22.8 Å². The standard InChI is InChI=1S/C9H19BrO/c1-6(2)9(10)7(3)8(4)11-5/h6-9H,1-5H3. The van der Waals surface area contributed by atoms with Crippen LogP contribution in [0, 0.1) is 11.8 Å². The fraction of sp³-hybridized carbons (Fsp3) is 1.00. The molecule has 0 aliphatic carbocycles. The minimum atomic E-state index is 0.335. The second kappa shape index (κ2) is 5.15. The Balaban J connectivity index is 3.90. The van der Waals surface area contributed by atoms with Crippen molar-refractivity contribution in [3.8, 4) is 0 Å². The number of hydrogen-bond acceptors (Lipinski definition) is 1. The van der Waals surface area contributed by atoms with E-state index in [1.165, 1.54) is 0 Å². The summed E-state index contributed by atoms with van der Waals surface area (Å²) in [4.78, 5) is 0.553. The Bertz CT molecular complexity index is 104. The average molecular weight is 223 g/mol. The van der Waals surface area contributed by atoms with Crippen molar-refractivity contribution in [1.82, 2.24) is 0 Å². The lowest BCUT2D eigenvalue weighted by Crippen LogP contribution is -2.28. The molecule has 11 heavy (non-hydrogen) atoms. The van der Waals surface area contributed by atoms with E-state index in [1.807, 2.05) is 0 Å². The second-order valence-corrected chi connectivity index (χ2v) is 4.55. The Hall–Kier alpha value is 0.440. The molecular weight excluding hydrogens is 204 g/mol. The van der Waals surface area contributed by atoms with E-state index in [4.69, 9.17) is 4.74 Å². The third-order valence-electron chi connectivity index (χ3n) is 2.25. The molecule has 0 amide bonds. The first-order chi connectivity index (χ1) is 5.00. The number of hydrogen-bond donors (Lipinski definition) is 0. The Morgan fingerprint density at radius 3 is 1.82 bits per heavy atom. The smallest absolute Gasteiger partial charge is 0.0579 e. The van der Waals surface area contributed by atoms with Crippen molar-refractivity contribution in [1.29, 1.82) is 0 Å². The van der Waals surface area contributed by atoms with Gasteiger partial charge in [-0.3, -0.25) is 0 Å². The monoisotopic (exact) mass is 222 g/mol. The Labute approximate surface area is 78.6 Å². The molecule has 0 aromatic carbocycles. The lowest BCUT2D eigenvalue weighted by Gasteiger charge is -2.26. The molecule has 1 nitrogen and oxygen atoms in total. The first kappa shape index (κ1) is 11.4. The maximum Gasteiger partial charge on any atom is 0.0579 e. The highest BCUT2D eigenvalue weighted by Crippen LogP contribution is 2.24. The van der Waals surface area contributed by atoms with Crippen molar-refractivity contribution in [2.45, 2.75) is 38.6 Å². The molecule has 0 aliphatic heterocycles. The fourth-order valence-corrected chi connectivity index (χ4v) is 1.51. The van der Waals surface area contributed by atoms with Gasteiger partial charge in [-0.25, -0.2) is 0 Å². The van der Waals surface area contributed by atoms with E-state index in [2.05, 4.69) is 43.6 Å². The van der Waals surface area contributed by atoms with E-state index in [1.54, 1.807) is 7.11 Å². The van der Waals surface area contributed by atoms with Crippen molar-refractivity contribution in [2.75, 3.05) is 7.11 Å². The molecule has 0 radical (unpaired) electrons. The summed E-state index contributed by atoms with van der Waals surface area (Å²) in [5.74, 6) is 1.24.